The van der Waals surface area contributed by atoms with Crippen molar-refractivity contribution < 1.29 is 137 Å². The summed E-state index contributed by atoms with van der Waals surface area (Å²) in [6, 6.07) is 0. The third-order valence-corrected chi connectivity index (χ3v) is 11.4. The van der Waals surface area contributed by atoms with Gasteiger partial charge in [-0.3, -0.25) is 14.4 Å². The van der Waals surface area contributed by atoms with Gasteiger partial charge >= 0.3 is 5.97 Å². The predicted octanol–water partition coefficient (Wildman–Crippen LogP) is -7.72. The van der Waals surface area contributed by atoms with E-state index >= 15 is 0 Å². The van der Waals surface area contributed by atoms with Crippen molar-refractivity contribution in [2.45, 2.75) is 143 Å². The summed E-state index contributed by atoms with van der Waals surface area (Å²) in [6.07, 6.45) is -20.2. The van der Waals surface area contributed by atoms with Gasteiger partial charge in [-0.2, -0.15) is 0 Å². The van der Waals surface area contributed by atoms with E-state index in [-0.39, 0.29) is 112 Å². The largest absolute Gasteiger partial charge is 0.469 e. The number of rotatable bonds is 38. The van der Waals surface area contributed by atoms with E-state index in [1.165, 1.54) is 7.11 Å². The van der Waals surface area contributed by atoms with Crippen LogP contribution in [0.3, 0.4) is 0 Å². The highest BCUT2D eigenvalue weighted by Crippen LogP contribution is 2.24. The number of unbranched alkanes of at least 4 members (excludes halogenated alkanes) is 1. The van der Waals surface area contributed by atoms with Gasteiger partial charge in [0.15, 0.2) is 18.9 Å². The van der Waals surface area contributed by atoms with Gasteiger partial charge in [0.2, 0.25) is 11.8 Å². The first-order valence-electron chi connectivity index (χ1n) is 23.9. The summed E-state index contributed by atoms with van der Waals surface area (Å²) in [6.45, 7) is -4.43. The fourth-order valence-corrected chi connectivity index (χ4v) is 7.26. The Balaban J connectivity index is 1.59. The molecule has 3 aliphatic heterocycles. The number of esters is 1. The minimum absolute atomic E-state index is 0.0193. The summed E-state index contributed by atoms with van der Waals surface area (Å²) < 4.78 is 71.1. The normalized spacial score (nSPS) is 31.4. The fourth-order valence-electron chi connectivity index (χ4n) is 7.26. The highest BCUT2D eigenvalue weighted by atomic mass is 16.7. The molecule has 3 fully saturated rings. The molecule has 3 heterocycles. The second-order valence-corrected chi connectivity index (χ2v) is 17.3. The molecule has 3 aliphatic rings. The first-order valence-corrected chi connectivity index (χ1v) is 23.9. The predicted molar refractivity (Wildman–Crippen MR) is 238 cm³/mol. The van der Waals surface area contributed by atoms with Crippen LogP contribution in [-0.2, 0) is 76.0 Å². The lowest BCUT2D eigenvalue weighted by Gasteiger charge is -2.39. The molecule has 73 heavy (non-hydrogen) atoms. The summed E-state index contributed by atoms with van der Waals surface area (Å²) >= 11 is 0. The smallest absolute Gasteiger partial charge is 0.305 e. The first-order chi connectivity index (χ1) is 35.0. The lowest BCUT2D eigenvalue weighted by Crippen LogP contribution is -2.60. The molecule has 0 aromatic carbocycles. The van der Waals surface area contributed by atoms with E-state index in [0.29, 0.717) is 12.8 Å². The third-order valence-electron chi connectivity index (χ3n) is 11.4. The van der Waals surface area contributed by atoms with E-state index in [4.69, 9.17) is 56.8 Å². The van der Waals surface area contributed by atoms with Gasteiger partial charge in [0.05, 0.1) is 92.9 Å². The molecule has 2 amide bonds. The summed E-state index contributed by atoms with van der Waals surface area (Å²) in [5.74, 6) is -1.58. The molecule has 30 heteroatoms. The number of nitrogens with one attached hydrogen (secondary N) is 2. The number of hydrogen-bond donors (Lipinski definition) is 14. The monoisotopic (exact) mass is 1070 g/mol. The molecule has 15 unspecified atom stereocenters. The Morgan fingerprint density at radius 2 is 0.808 bits per heavy atom. The Kier molecular flexibility index (Phi) is 31.7. The van der Waals surface area contributed by atoms with E-state index in [0.717, 1.165) is 0 Å². The number of methoxy groups -OCH3 is 1. The van der Waals surface area contributed by atoms with Crippen LogP contribution in [0.15, 0.2) is 0 Å². The number of aliphatic hydroxyl groups is 12. The zero-order valence-electron chi connectivity index (χ0n) is 40.8. The SMILES string of the molecule is COC(=O)CCCCC(=O)NCC(=O)NC(COCOCCCOC1OC(CO)C(O)C(O)C1O)(COCOCCCOC1OC(CO)C(O)C(O)C1O)COCOCCCOC1OC(CO)C(O)C(O)C1O. The topological polar surface area (TPSA) is 438 Å². The van der Waals surface area contributed by atoms with Crippen molar-refractivity contribution in [2.24, 2.45) is 0 Å². The molecule has 0 radical (unpaired) electrons. The van der Waals surface area contributed by atoms with Crippen LogP contribution in [0, 0.1) is 0 Å². The number of hydrogen-bond acceptors (Lipinski definition) is 28. The molecule has 3 saturated heterocycles. The Bertz CT molecular complexity index is 1380. The van der Waals surface area contributed by atoms with Crippen molar-refractivity contribution in [3.05, 3.63) is 0 Å². The van der Waals surface area contributed by atoms with E-state index < -0.39 is 142 Å². The Morgan fingerprint density at radius 1 is 0.452 bits per heavy atom. The van der Waals surface area contributed by atoms with Crippen molar-refractivity contribution in [3.8, 4) is 0 Å². The molecule has 0 aromatic rings. The van der Waals surface area contributed by atoms with Crippen molar-refractivity contribution in [1.29, 1.82) is 0 Å². The quantitative estimate of drug-likeness (QED) is 0.0155. The Morgan fingerprint density at radius 3 is 1.15 bits per heavy atom. The van der Waals surface area contributed by atoms with Crippen molar-refractivity contribution in [3.63, 3.8) is 0 Å². The minimum Gasteiger partial charge on any atom is -0.469 e. The van der Waals surface area contributed by atoms with Crippen LogP contribution in [0.4, 0.5) is 0 Å². The molecular formula is C43H78N2O28. The third kappa shape index (κ3) is 22.5. The highest BCUT2D eigenvalue weighted by Gasteiger charge is 2.46. The second kappa shape index (κ2) is 35.7. The van der Waals surface area contributed by atoms with Crippen LogP contribution in [0.5, 0.6) is 0 Å². The highest BCUT2D eigenvalue weighted by molar-refractivity contribution is 5.85. The van der Waals surface area contributed by atoms with Gasteiger partial charge in [-0.15, -0.1) is 0 Å². The van der Waals surface area contributed by atoms with Crippen LogP contribution in [-0.4, -0.2) is 290 Å². The molecule has 30 nitrogen and oxygen atoms in total. The second-order valence-electron chi connectivity index (χ2n) is 17.3. The maximum absolute atomic E-state index is 13.4. The lowest BCUT2D eigenvalue weighted by molar-refractivity contribution is -0.301. The Labute approximate surface area is 421 Å². The van der Waals surface area contributed by atoms with E-state index in [9.17, 15) is 75.7 Å². The van der Waals surface area contributed by atoms with E-state index in [1.54, 1.807) is 0 Å². The summed E-state index contributed by atoms with van der Waals surface area (Å²) in [5.41, 5.74) is -1.52. The van der Waals surface area contributed by atoms with E-state index in [1.807, 2.05) is 0 Å². The summed E-state index contributed by atoms with van der Waals surface area (Å²) in [7, 11) is 1.25. The minimum atomic E-state index is -1.62. The van der Waals surface area contributed by atoms with Gasteiger partial charge in [0.1, 0.15) is 99.2 Å². The van der Waals surface area contributed by atoms with Gasteiger partial charge in [-0.1, -0.05) is 0 Å². The molecule has 3 rings (SSSR count). The average molecular weight is 1070 g/mol. The molecule has 0 aromatic heterocycles. The van der Waals surface area contributed by atoms with Gasteiger partial charge in [-0.25, -0.2) is 0 Å². The molecule has 0 spiro atoms. The molecule has 428 valence electrons. The first kappa shape index (κ1) is 64.7. The van der Waals surface area contributed by atoms with Crippen LogP contribution in [0.1, 0.15) is 44.9 Å². The summed E-state index contributed by atoms with van der Waals surface area (Å²) in [4.78, 5) is 37.4. The summed E-state index contributed by atoms with van der Waals surface area (Å²) in [5, 5.41) is 124. The average Bonchev–Trinajstić information content (AvgIpc) is 3.38. The van der Waals surface area contributed by atoms with E-state index in [2.05, 4.69) is 15.4 Å². The van der Waals surface area contributed by atoms with Crippen LogP contribution < -0.4 is 10.6 Å². The lowest BCUT2D eigenvalue weighted by atomic mass is 9.99. The van der Waals surface area contributed by atoms with Gasteiger partial charge in [0.25, 0.3) is 0 Å². The number of ether oxygens (including phenoxy) is 13. The molecular weight excluding hydrogens is 992 g/mol. The number of amides is 2. The zero-order valence-corrected chi connectivity index (χ0v) is 40.8. The number of carbonyl (C=O) groups excluding carboxylic acids is 3. The van der Waals surface area contributed by atoms with Gasteiger partial charge in [-0.05, 0) is 32.1 Å². The van der Waals surface area contributed by atoms with Crippen LogP contribution >= 0.6 is 0 Å². The number of aliphatic hydroxyl groups excluding tert-OH is 12. The van der Waals surface area contributed by atoms with Gasteiger partial charge in [0, 0.05) is 12.8 Å². The van der Waals surface area contributed by atoms with Crippen LogP contribution in [0.25, 0.3) is 0 Å². The van der Waals surface area contributed by atoms with Crippen molar-refractivity contribution in [1.82, 2.24) is 10.6 Å². The van der Waals surface area contributed by atoms with Crippen molar-refractivity contribution in [2.75, 3.05) is 113 Å². The molecule has 14 N–H and O–H groups in total. The maximum atomic E-state index is 13.4. The maximum Gasteiger partial charge on any atom is 0.305 e. The molecule has 0 aliphatic carbocycles. The van der Waals surface area contributed by atoms with Crippen molar-refractivity contribution >= 4 is 17.8 Å². The zero-order chi connectivity index (χ0) is 53.8. The molecule has 0 bridgehead atoms. The van der Waals surface area contributed by atoms with Crippen LogP contribution in [0.2, 0.25) is 0 Å². The standard InChI is InChI=1S/C43H78N2O28/c1-61-30(51)8-3-2-7-28(49)44-15-29(50)45-43(19-65-22-62-9-4-12-68-40-37(58)34(55)31(52)25(16-46)71-40,20-66-23-63-10-5-13-69-41-38(59)35(56)32(53)26(17-47)72-41)21-67-24-64-11-6-14-70-42-39(60)36(57)33(54)27(18-48)73-42/h25-27,31-42,46-48,52-60H,2-24H2,1H3,(H,44,49)(H,45,50). The Hall–Kier alpha value is -2.55. The molecule has 0 saturated carbocycles. The fraction of sp³-hybridized carbons (Fsp3) is 0.930. The molecule has 15 atom stereocenters. The number of carbonyl (C=O) groups is 3. The van der Waals surface area contributed by atoms with Gasteiger partial charge < -0.3 is 133 Å².